The lowest BCUT2D eigenvalue weighted by Gasteiger charge is -2.23. The quantitative estimate of drug-likeness (QED) is 0.666. The molecular formula is C20H32N4. The van der Waals surface area contributed by atoms with Crippen LogP contribution in [0, 0.1) is 5.92 Å². The summed E-state index contributed by atoms with van der Waals surface area (Å²) in [5.74, 6) is 1.86. The van der Waals surface area contributed by atoms with E-state index in [1.807, 2.05) is 0 Å². The Morgan fingerprint density at radius 3 is 2.75 bits per heavy atom. The Kier molecular flexibility index (Phi) is 6.13. The molecule has 2 fully saturated rings. The van der Waals surface area contributed by atoms with E-state index in [-0.39, 0.29) is 0 Å². The highest BCUT2D eigenvalue weighted by molar-refractivity contribution is 5.80. The Labute approximate surface area is 146 Å². The van der Waals surface area contributed by atoms with Crippen molar-refractivity contribution >= 4 is 5.96 Å². The van der Waals surface area contributed by atoms with E-state index in [0.717, 1.165) is 38.1 Å². The van der Waals surface area contributed by atoms with Crippen molar-refractivity contribution in [3.63, 3.8) is 0 Å². The lowest BCUT2D eigenvalue weighted by atomic mass is 9.99. The Bertz CT molecular complexity index is 528. The van der Waals surface area contributed by atoms with Gasteiger partial charge in [-0.3, -0.25) is 4.99 Å². The fourth-order valence-corrected chi connectivity index (χ4v) is 3.97. The molecule has 0 bridgehead atoms. The van der Waals surface area contributed by atoms with Gasteiger partial charge in [-0.05, 0) is 57.7 Å². The van der Waals surface area contributed by atoms with Gasteiger partial charge >= 0.3 is 0 Å². The molecule has 1 aromatic rings. The number of hydrogen-bond donors (Lipinski definition) is 1. The molecule has 4 nitrogen and oxygen atoms in total. The van der Waals surface area contributed by atoms with E-state index >= 15 is 0 Å². The van der Waals surface area contributed by atoms with Gasteiger partial charge in [0.05, 0.1) is 6.54 Å². The normalized spacial score (nSPS) is 25.4. The van der Waals surface area contributed by atoms with Crippen molar-refractivity contribution in [2.24, 2.45) is 10.9 Å². The van der Waals surface area contributed by atoms with E-state index in [1.165, 1.54) is 37.8 Å². The van der Waals surface area contributed by atoms with Crippen molar-refractivity contribution in [2.45, 2.75) is 38.6 Å². The molecule has 2 aliphatic heterocycles. The van der Waals surface area contributed by atoms with E-state index in [4.69, 9.17) is 4.99 Å². The van der Waals surface area contributed by atoms with Crippen molar-refractivity contribution in [1.29, 1.82) is 0 Å². The van der Waals surface area contributed by atoms with Crippen molar-refractivity contribution in [3.05, 3.63) is 35.9 Å². The summed E-state index contributed by atoms with van der Waals surface area (Å²) in [6, 6.07) is 11.5. The Morgan fingerprint density at radius 2 is 2.04 bits per heavy atom. The molecule has 132 valence electrons. The van der Waals surface area contributed by atoms with Crippen LogP contribution in [-0.2, 0) is 6.42 Å². The molecule has 1 aromatic carbocycles. The standard InChI is InChI=1S/C20H32N4/c1-3-21-20(22-15-19-10-7-12-23(19)2)24-13-11-18(16-24)14-17-8-5-4-6-9-17/h4-6,8-9,18-19H,3,7,10-16H2,1-2H3,(H,21,22). The summed E-state index contributed by atoms with van der Waals surface area (Å²) < 4.78 is 0. The van der Waals surface area contributed by atoms with Gasteiger partial charge in [0.25, 0.3) is 0 Å². The SMILES string of the molecule is CCNC(=NCC1CCCN1C)N1CCC(Cc2ccccc2)C1. The van der Waals surface area contributed by atoms with E-state index in [1.54, 1.807) is 0 Å². The fourth-order valence-electron chi connectivity index (χ4n) is 3.97. The maximum absolute atomic E-state index is 4.96. The number of nitrogens with zero attached hydrogens (tertiary/aromatic N) is 3. The molecule has 0 aromatic heterocycles. The zero-order chi connectivity index (χ0) is 16.8. The average molecular weight is 329 g/mol. The molecule has 2 aliphatic rings. The second kappa shape index (κ2) is 8.52. The van der Waals surface area contributed by atoms with Crippen LogP contribution in [0.1, 0.15) is 31.7 Å². The summed E-state index contributed by atoms with van der Waals surface area (Å²) in [6.07, 6.45) is 5.05. The van der Waals surface area contributed by atoms with Crippen LogP contribution in [-0.4, -0.2) is 61.6 Å². The number of aliphatic imine (C=N–C) groups is 1. The lowest BCUT2D eigenvalue weighted by Crippen LogP contribution is -2.41. The minimum absolute atomic E-state index is 0.626. The van der Waals surface area contributed by atoms with Gasteiger partial charge in [-0.2, -0.15) is 0 Å². The Balaban J connectivity index is 1.56. The van der Waals surface area contributed by atoms with Crippen LogP contribution in [0.25, 0.3) is 0 Å². The third kappa shape index (κ3) is 4.50. The molecule has 4 heteroatoms. The van der Waals surface area contributed by atoms with Crippen molar-refractivity contribution in [2.75, 3.05) is 39.8 Å². The maximum atomic E-state index is 4.96. The van der Waals surface area contributed by atoms with Gasteiger partial charge in [0.15, 0.2) is 5.96 Å². The lowest BCUT2D eigenvalue weighted by molar-refractivity contribution is 0.316. The zero-order valence-electron chi connectivity index (χ0n) is 15.2. The third-order valence-corrected chi connectivity index (χ3v) is 5.41. The second-order valence-corrected chi connectivity index (χ2v) is 7.26. The van der Waals surface area contributed by atoms with Crippen LogP contribution in [0.3, 0.4) is 0 Å². The van der Waals surface area contributed by atoms with Gasteiger partial charge in [-0.25, -0.2) is 0 Å². The summed E-state index contributed by atoms with van der Waals surface area (Å²) in [5.41, 5.74) is 1.46. The molecular weight excluding hydrogens is 296 g/mol. The molecule has 1 N–H and O–H groups in total. The Morgan fingerprint density at radius 1 is 1.21 bits per heavy atom. The number of nitrogens with one attached hydrogen (secondary N) is 1. The summed E-state index contributed by atoms with van der Waals surface area (Å²) in [7, 11) is 2.23. The van der Waals surface area contributed by atoms with E-state index in [0.29, 0.717) is 6.04 Å². The van der Waals surface area contributed by atoms with Gasteiger partial charge in [0.1, 0.15) is 0 Å². The van der Waals surface area contributed by atoms with Crippen LogP contribution < -0.4 is 5.32 Å². The van der Waals surface area contributed by atoms with Crippen LogP contribution in [0.15, 0.2) is 35.3 Å². The highest BCUT2D eigenvalue weighted by atomic mass is 15.3. The Hall–Kier alpha value is -1.55. The molecule has 0 spiro atoms. The van der Waals surface area contributed by atoms with E-state index < -0.39 is 0 Å². The molecule has 0 saturated carbocycles. The first-order valence-corrected chi connectivity index (χ1v) is 9.53. The number of rotatable bonds is 5. The highest BCUT2D eigenvalue weighted by Gasteiger charge is 2.26. The van der Waals surface area contributed by atoms with E-state index in [9.17, 15) is 0 Å². The second-order valence-electron chi connectivity index (χ2n) is 7.26. The summed E-state index contributed by atoms with van der Waals surface area (Å²) in [6.45, 7) is 7.51. The minimum Gasteiger partial charge on any atom is -0.357 e. The van der Waals surface area contributed by atoms with Gasteiger partial charge < -0.3 is 15.1 Å². The molecule has 24 heavy (non-hydrogen) atoms. The largest absolute Gasteiger partial charge is 0.357 e. The maximum Gasteiger partial charge on any atom is 0.193 e. The third-order valence-electron chi connectivity index (χ3n) is 5.41. The molecule has 2 atom stereocenters. The predicted octanol–water partition coefficient (Wildman–Crippen LogP) is 2.61. The topological polar surface area (TPSA) is 30.9 Å². The molecule has 0 amide bonds. The molecule has 2 saturated heterocycles. The molecule has 0 radical (unpaired) electrons. The van der Waals surface area contributed by atoms with Crippen LogP contribution in [0.5, 0.6) is 0 Å². The minimum atomic E-state index is 0.626. The monoisotopic (exact) mass is 328 g/mol. The van der Waals surface area contributed by atoms with Gasteiger partial charge in [-0.1, -0.05) is 30.3 Å². The number of guanidine groups is 1. The summed E-state index contributed by atoms with van der Waals surface area (Å²) in [4.78, 5) is 9.88. The molecule has 3 rings (SSSR count). The first-order valence-electron chi connectivity index (χ1n) is 9.53. The number of benzene rings is 1. The highest BCUT2D eigenvalue weighted by Crippen LogP contribution is 2.21. The number of likely N-dealkylation sites (N-methyl/N-ethyl adjacent to an activating group) is 1. The first kappa shape index (κ1) is 17.3. The van der Waals surface area contributed by atoms with Crippen molar-refractivity contribution in [3.8, 4) is 0 Å². The van der Waals surface area contributed by atoms with Crippen LogP contribution in [0.4, 0.5) is 0 Å². The van der Waals surface area contributed by atoms with Crippen molar-refractivity contribution < 1.29 is 0 Å². The molecule has 2 heterocycles. The summed E-state index contributed by atoms with van der Waals surface area (Å²) in [5, 5.41) is 3.51. The van der Waals surface area contributed by atoms with E-state index in [2.05, 4.69) is 59.4 Å². The smallest absolute Gasteiger partial charge is 0.193 e. The van der Waals surface area contributed by atoms with Crippen LogP contribution in [0.2, 0.25) is 0 Å². The van der Waals surface area contributed by atoms with Gasteiger partial charge in [-0.15, -0.1) is 0 Å². The summed E-state index contributed by atoms with van der Waals surface area (Å²) >= 11 is 0. The molecule has 2 unspecified atom stereocenters. The molecule has 0 aliphatic carbocycles. The zero-order valence-corrected chi connectivity index (χ0v) is 15.2. The average Bonchev–Trinajstić information content (AvgIpc) is 3.22. The van der Waals surface area contributed by atoms with Gasteiger partial charge in [0, 0.05) is 25.7 Å². The number of hydrogen-bond acceptors (Lipinski definition) is 2. The van der Waals surface area contributed by atoms with Gasteiger partial charge in [0.2, 0.25) is 0 Å². The predicted molar refractivity (Wildman–Crippen MR) is 101 cm³/mol. The first-order chi connectivity index (χ1) is 11.8. The fraction of sp³-hybridized carbons (Fsp3) is 0.650. The van der Waals surface area contributed by atoms with Crippen molar-refractivity contribution in [1.82, 2.24) is 15.1 Å². The number of likely N-dealkylation sites (tertiary alicyclic amines) is 2. The van der Waals surface area contributed by atoms with Crippen LogP contribution >= 0.6 is 0 Å².